The van der Waals surface area contributed by atoms with Crippen LogP contribution in [0.2, 0.25) is 0 Å². The molecule has 2 aromatic rings. The second kappa shape index (κ2) is 22.2. The van der Waals surface area contributed by atoms with E-state index in [0.717, 1.165) is 12.2 Å². The van der Waals surface area contributed by atoms with Crippen LogP contribution in [0.15, 0.2) is 72.8 Å². The molecule has 0 heterocycles. The van der Waals surface area contributed by atoms with Crippen LogP contribution in [0.4, 0.5) is 0 Å². The Kier molecular flexibility index (Phi) is 23.7. The summed E-state index contributed by atoms with van der Waals surface area (Å²) in [5.41, 5.74) is 1.10. The molecule has 0 saturated heterocycles. The van der Waals surface area contributed by atoms with Gasteiger partial charge in [0.25, 0.3) is 0 Å². The quantitative estimate of drug-likeness (QED) is 0.375. The molecule has 2 aromatic carbocycles. The maximum Gasteiger partial charge on any atom is 0.152 e. The van der Waals surface area contributed by atoms with Gasteiger partial charge in [-0.15, -0.1) is 13.2 Å². The van der Waals surface area contributed by atoms with Crippen molar-refractivity contribution in [3.05, 3.63) is 83.9 Å². The number of hydrogen-bond donors (Lipinski definition) is 0. The first-order valence-corrected chi connectivity index (χ1v) is 9.28. The number of hydrogen-bond acceptors (Lipinski definition) is 6. The Hall–Kier alpha value is -2.51. The molecule has 0 spiro atoms. The summed E-state index contributed by atoms with van der Waals surface area (Å²) < 4.78 is 0. The van der Waals surface area contributed by atoms with E-state index in [2.05, 4.69) is 0 Å². The zero-order valence-electron chi connectivity index (χ0n) is 18.3. The fourth-order valence-corrected chi connectivity index (χ4v) is 1.74. The molecule has 0 amide bonds. The molecule has 31 heavy (non-hydrogen) atoms. The first kappa shape index (κ1) is 33.1. The summed E-state index contributed by atoms with van der Waals surface area (Å²) in [4.78, 5) is 21.1. The van der Waals surface area contributed by atoms with Gasteiger partial charge in [0.1, 0.15) is 0 Å². The van der Waals surface area contributed by atoms with Gasteiger partial charge >= 0.3 is 0 Å². The van der Waals surface area contributed by atoms with Gasteiger partial charge in [-0.1, -0.05) is 86.0 Å². The Bertz CT molecular complexity index is 704. The Balaban J connectivity index is -0.000000394. The Morgan fingerprint density at radius 2 is 0.903 bits per heavy atom. The van der Waals surface area contributed by atoms with Gasteiger partial charge < -0.3 is 20.4 Å². The minimum Gasteiger partial charge on any atom is -0.872 e. The zero-order valence-corrected chi connectivity index (χ0v) is 19.9. The van der Waals surface area contributed by atoms with E-state index in [4.69, 9.17) is 10.2 Å². The number of carbonyl (C=O) groups is 2. The molecule has 0 N–H and O–H groups in total. The van der Waals surface area contributed by atoms with E-state index in [1.165, 1.54) is 13.8 Å². The van der Waals surface area contributed by atoms with Crippen molar-refractivity contribution in [2.75, 3.05) is 13.2 Å². The molecule has 0 radical (unpaired) electrons. The summed E-state index contributed by atoms with van der Waals surface area (Å²) in [7, 11) is 0. The van der Waals surface area contributed by atoms with E-state index in [-0.39, 0.29) is 58.0 Å². The van der Waals surface area contributed by atoms with Gasteiger partial charge in [-0.05, 0) is 37.1 Å². The smallest absolute Gasteiger partial charge is 0.152 e. The molecule has 0 aromatic heterocycles. The molecule has 0 atom stereocenters. The maximum absolute atomic E-state index is 11.2. The number of allylic oxidation sites excluding steroid dienone is 2. The summed E-state index contributed by atoms with van der Waals surface area (Å²) in [5, 5.41) is 40.2. The third-order valence-electron chi connectivity index (χ3n) is 2.79. The number of carbonyl (C=O) groups excluding carboxylic acids is 2. The van der Waals surface area contributed by atoms with Crippen LogP contribution < -0.4 is 20.4 Å². The molecule has 0 saturated carbocycles. The molecule has 0 aliphatic heterocycles. The predicted octanol–water partition coefficient (Wildman–Crippen LogP) is 0.684. The minimum atomic E-state index is -0.233. The van der Waals surface area contributed by atoms with E-state index in [1.54, 1.807) is 62.4 Å². The number of ketones is 2. The Labute approximate surface area is 199 Å². The Morgan fingerprint density at radius 3 is 1.10 bits per heavy atom. The first-order valence-electron chi connectivity index (χ1n) is 9.28. The molecule has 0 aliphatic carbocycles. The van der Waals surface area contributed by atoms with Crippen LogP contribution in [0.1, 0.15) is 38.8 Å². The van der Waals surface area contributed by atoms with Crippen molar-refractivity contribution < 1.29 is 51.7 Å². The summed E-state index contributed by atoms with van der Waals surface area (Å²) in [6, 6.07) is 17.4. The average Bonchev–Trinajstić information content (AvgIpc) is 2.70. The predicted molar refractivity (Wildman–Crippen MR) is 111 cm³/mol. The van der Waals surface area contributed by atoms with Gasteiger partial charge in [-0.2, -0.15) is 0 Å². The van der Waals surface area contributed by atoms with Gasteiger partial charge in [0.2, 0.25) is 0 Å². The molecule has 0 fully saturated rings. The first-order chi connectivity index (χ1) is 14.2. The van der Waals surface area contributed by atoms with Crippen LogP contribution in [0.3, 0.4) is 0 Å². The van der Waals surface area contributed by atoms with Gasteiger partial charge in [0.15, 0.2) is 11.6 Å². The third-order valence-corrected chi connectivity index (χ3v) is 2.79. The van der Waals surface area contributed by atoms with Gasteiger partial charge in [0.05, 0.1) is 0 Å². The number of benzene rings is 2. The van der Waals surface area contributed by atoms with Crippen molar-refractivity contribution in [1.29, 1.82) is 0 Å². The van der Waals surface area contributed by atoms with Gasteiger partial charge in [0, 0.05) is 21.7 Å². The van der Waals surface area contributed by atoms with Crippen molar-refractivity contribution in [3.8, 4) is 0 Å². The van der Waals surface area contributed by atoms with Crippen LogP contribution in [0, 0.1) is 0 Å². The summed E-state index contributed by atoms with van der Waals surface area (Å²) in [6.45, 7) is 5.86. The van der Waals surface area contributed by atoms with E-state index >= 15 is 0 Å². The van der Waals surface area contributed by atoms with E-state index < -0.39 is 0 Å². The molecule has 168 valence electrons. The third kappa shape index (κ3) is 20.5. The molecule has 2 rings (SSSR count). The van der Waals surface area contributed by atoms with E-state index in [0.29, 0.717) is 11.1 Å². The van der Waals surface area contributed by atoms with Crippen molar-refractivity contribution >= 4 is 23.1 Å². The van der Waals surface area contributed by atoms with Crippen LogP contribution >= 0.6 is 0 Å². The summed E-state index contributed by atoms with van der Waals surface area (Å²) in [6.07, 6.45) is 2.19. The van der Waals surface area contributed by atoms with E-state index in [1.807, 2.05) is 12.1 Å². The monoisotopic (exact) mass is 460 g/mol. The summed E-state index contributed by atoms with van der Waals surface area (Å²) >= 11 is 0. The topological polar surface area (TPSA) is 126 Å². The summed E-state index contributed by atoms with van der Waals surface area (Å²) in [5.74, 6) is -0.904. The molecule has 7 heteroatoms. The number of rotatable bonds is 4. The van der Waals surface area contributed by atoms with Crippen molar-refractivity contribution in [3.63, 3.8) is 0 Å². The minimum absolute atomic E-state index is 0. The van der Waals surface area contributed by atoms with Crippen LogP contribution in [0.5, 0.6) is 0 Å². The van der Waals surface area contributed by atoms with Crippen molar-refractivity contribution in [1.82, 2.24) is 0 Å². The standard InChI is InChI=1S/2C10H10O2.2C2H5O.Ti/c2*1-8(11)7-10(12)9-5-3-2-4-6-9;2*1-2-3;/h2*2-7,12H,1H3;2*2H2,1H3;/q;;2*-1;/p-2/b2*10-7-;;;. The van der Waals surface area contributed by atoms with Crippen molar-refractivity contribution in [2.45, 2.75) is 27.7 Å². The van der Waals surface area contributed by atoms with E-state index in [9.17, 15) is 19.8 Å². The second-order valence-electron chi connectivity index (χ2n) is 5.55. The Morgan fingerprint density at radius 1 is 0.677 bits per heavy atom. The molecule has 0 unspecified atom stereocenters. The molecule has 6 nitrogen and oxygen atoms in total. The SMILES string of the molecule is CC(=O)/C=C(\[O-])c1ccccc1.CC(=O)/C=C(\[O-])c1ccccc1.CC[O-].CC[O-].[Ti]. The molecular formula is C24H28O6Ti-4. The van der Waals surface area contributed by atoms with Crippen LogP contribution in [-0.2, 0) is 31.3 Å². The molecule has 0 bridgehead atoms. The van der Waals surface area contributed by atoms with Crippen molar-refractivity contribution in [2.24, 2.45) is 0 Å². The fourth-order valence-electron chi connectivity index (χ4n) is 1.74. The average molecular weight is 460 g/mol. The normalized spacial score (nSPS) is 9.87. The fraction of sp³-hybridized carbons (Fsp3) is 0.250. The largest absolute Gasteiger partial charge is 0.872 e. The van der Waals surface area contributed by atoms with Gasteiger partial charge in [-0.3, -0.25) is 9.59 Å². The molecule has 0 aliphatic rings. The second-order valence-corrected chi connectivity index (χ2v) is 5.55. The van der Waals surface area contributed by atoms with Crippen LogP contribution in [0.25, 0.3) is 11.5 Å². The maximum atomic E-state index is 11.2. The zero-order chi connectivity index (χ0) is 23.4. The molecular weight excluding hydrogens is 432 g/mol. The van der Waals surface area contributed by atoms with Gasteiger partial charge in [-0.25, -0.2) is 0 Å². The van der Waals surface area contributed by atoms with Crippen LogP contribution in [-0.4, -0.2) is 24.8 Å².